The quantitative estimate of drug-likeness (QED) is 0.723. The molecule has 0 aliphatic carbocycles. The van der Waals surface area contributed by atoms with Crippen molar-refractivity contribution < 1.29 is 14.3 Å². The summed E-state index contributed by atoms with van der Waals surface area (Å²) in [5.74, 6) is 0.639. The van der Waals surface area contributed by atoms with Gasteiger partial charge in [-0.3, -0.25) is 9.59 Å². The molecule has 0 saturated carbocycles. The number of nitrogens with zero attached hydrogens (tertiary/aromatic N) is 1. The lowest BCUT2D eigenvalue weighted by atomic mass is 10.1. The summed E-state index contributed by atoms with van der Waals surface area (Å²) in [6, 6.07) is 5.22. The number of imidazole rings is 1. The molecule has 2 heterocycles. The van der Waals surface area contributed by atoms with E-state index in [1.165, 1.54) is 0 Å². The van der Waals surface area contributed by atoms with Crippen LogP contribution in [0.15, 0.2) is 41.9 Å². The number of ether oxygens (including phenoxy) is 1. The normalized spacial score (nSPS) is 13.5. The maximum Gasteiger partial charge on any atom is 0.291 e. The number of aryl methyl sites for hydroxylation is 1. The summed E-state index contributed by atoms with van der Waals surface area (Å²) in [5, 5.41) is 7.39. The van der Waals surface area contributed by atoms with E-state index in [2.05, 4.69) is 20.6 Å². The van der Waals surface area contributed by atoms with Gasteiger partial charge < -0.3 is 20.4 Å². The Morgan fingerprint density at radius 3 is 2.96 bits per heavy atom. The molecule has 1 aromatic heterocycles. The maximum absolute atomic E-state index is 12.3. The molecule has 1 aromatic carbocycles. The third-order valence-electron chi connectivity index (χ3n) is 3.86. The number of rotatable bonds is 6. The van der Waals surface area contributed by atoms with Crippen LogP contribution in [0.1, 0.15) is 21.6 Å². The van der Waals surface area contributed by atoms with Crippen LogP contribution in [0.4, 0.5) is 5.69 Å². The molecule has 0 radical (unpaired) electrons. The first-order chi connectivity index (χ1) is 12.6. The number of thioether (sulfide) groups is 1. The summed E-state index contributed by atoms with van der Waals surface area (Å²) < 4.78 is 5.36. The van der Waals surface area contributed by atoms with Gasteiger partial charge in [-0.25, -0.2) is 4.98 Å². The molecule has 7 nitrogen and oxygen atoms in total. The van der Waals surface area contributed by atoms with Crippen LogP contribution in [0.3, 0.4) is 0 Å². The minimum atomic E-state index is -0.308. The van der Waals surface area contributed by atoms with Crippen molar-refractivity contribution in [3.05, 3.63) is 58.7 Å². The first-order valence-electron chi connectivity index (χ1n) is 8.25. The number of hydrogen-bond donors (Lipinski definition) is 3. The highest BCUT2D eigenvalue weighted by molar-refractivity contribution is 8.02. The second-order valence-corrected chi connectivity index (χ2v) is 6.75. The second-order valence-electron chi connectivity index (χ2n) is 5.77. The van der Waals surface area contributed by atoms with Crippen molar-refractivity contribution in [1.29, 1.82) is 0 Å². The molecular formula is C18H20N4O3S. The average molecular weight is 372 g/mol. The Morgan fingerprint density at radius 2 is 2.23 bits per heavy atom. The third-order valence-corrected chi connectivity index (χ3v) is 4.64. The average Bonchev–Trinajstić information content (AvgIpc) is 3.17. The highest BCUT2D eigenvalue weighted by atomic mass is 32.2. The summed E-state index contributed by atoms with van der Waals surface area (Å²) in [6.45, 7) is 2.89. The molecule has 3 rings (SSSR count). The van der Waals surface area contributed by atoms with E-state index in [1.54, 1.807) is 41.8 Å². The smallest absolute Gasteiger partial charge is 0.291 e. The molecule has 0 spiro atoms. The zero-order valence-corrected chi connectivity index (χ0v) is 15.2. The van der Waals surface area contributed by atoms with Gasteiger partial charge in [0.1, 0.15) is 0 Å². The number of carbonyl (C=O) groups excluding carboxylic acids is 2. The first-order valence-corrected chi connectivity index (χ1v) is 9.30. The van der Waals surface area contributed by atoms with Gasteiger partial charge in [0.25, 0.3) is 11.8 Å². The van der Waals surface area contributed by atoms with Crippen LogP contribution < -0.4 is 10.6 Å². The summed E-state index contributed by atoms with van der Waals surface area (Å²) in [4.78, 5) is 31.5. The molecule has 3 N–H and O–H groups in total. The van der Waals surface area contributed by atoms with Crippen LogP contribution in [0, 0.1) is 6.92 Å². The molecule has 1 aliphatic heterocycles. The lowest BCUT2D eigenvalue weighted by molar-refractivity contribution is -0.116. The number of amides is 2. The minimum absolute atomic E-state index is 0.191. The van der Waals surface area contributed by atoms with Crippen molar-refractivity contribution in [3.63, 3.8) is 0 Å². The van der Waals surface area contributed by atoms with E-state index in [0.29, 0.717) is 36.6 Å². The highest BCUT2D eigenvalue weighted by Gasteiger charge is 2.16. The van der Waals surface area contributed by atoms with E-state index >= 15 is 0 Å². The van der Waals surface area contributed by atoms with Crippen molar-refractivity contribution in [3.8, 4) is 0 Å². The lowest BCUT2D eigenvalue weighted by Crippen LogP contribution is -2.26. The fourth-order valence-electron chi connectivity index (χ4n) is 2.40. The zero-order valence-electron chi connectivity index (χ0n) is 14.4. The highest BCUT2D eigenvalue weighted by Crippen LogP contribution is 2.20. The molecule has 0 bridgehead atoms. The fourth-order valence-corrected chi connectivity index (χ4v) is 3.03. The van der Waals surface area contributed by atoms with Gasteiger partial charge in [0.15, 0.2) is 5.76 Å². The van der Waals surface area contributed by atoms with Gasteiger partial charge in [-0.05, 0) is 24.6 Å². The molecule has 0 saturated heterocycles. The van der Waals surface area contributed by atoms with Gasteiger partial charge >= 0.3 is 0 Å². The van der Waals surface area contributed by atoms with E-state index < -0.39 is 0 Å². The van der Waals surface area contributed by atoms with Gasteiger partial charge in [0, 0.05) is 47.3 Å². The Hall–Kier alpha value is -2.74. The number of benzene rings is 1. The number of aromatic amines is 1. The van der Waals surface area contributed by atoms with Gasteiger partial charge in [-0.2, -0.15) is 0 Å². The molecule has 26 heavy (non-hydrogen) atoms. The Morgan fingerprint density at radius 1 is 1.35 bits per heavy atom. The number of anilines is 1. The third kappa shape index (κ3) is 4.66. The fraction of sp³-hybridized carbons (Fsp3) is 0.278. The number of aromatic nitrogens is 2. The summed E-state index contributed by atoms with van der Waals surface area (Å²) in [7, 11) is 0. The van der Waals surface area contributed by atoms with E-state index in [-0.39, 0.29) is 11.8 Å². The standard InChI is InChI=1S/C18H20N4O3S/c1-12-2-3-13(17(23)20-5-4-14-9-19-11-21-14)8-15(12)22-18(24)16-10-26-7-6-25-16/h2-3,8-11H,4-7H2,1H3,(H,19,21)(H,20,23)(H,22,24). The molecule has 0 unspecified atom stereocenters. The summed E-state index contributed by atoms with van der Waals surface area (Å²) in [6.07, 6.45) is 4.01. The van der Waals surface area contributed by atoms with Crippen molar-refractivity contribution in [2.75, 3.05) is 24.2 Å². The minimum Gasteiger partial charge on any atom is -0.487 e. The van der Waals surface area contributed by atoms with Crippen molar-refractivity contribution in [1.82, 2.24) is 15.3 Å². The Balaban J connectivity index is 1.61. The molecule has 0 fully saturated rings. The predicted octanol–water partition coefficient (Wildman–Crippen LogP) is 2.23. The number of nitrogens with one attached hydrogen (secondary N) is 3. The molecule has 0 atom stereocenters. The lowest BCUT2D eigenvalue weighted by Gasteiger charge is -2.15. The SMILES string of the molecule is Cc1ccc(C(=O)NCCc2cnc[nH]2)cc1NC(=O)C1=CSCCO1. The van der Waals surface area contributed by atoms with Gasteiger partial charge in [-0.15, -0.1) is 11.8 Å². The van der Waals surface area contributed by atoms with Crippen LogP contribution in [-0.2, 0) is 16.0 Å². The van der Waals surface area contributed by atoms with Gasteiger partial charge in [0.05, 0.1) is 12.9 Å². The molecule has 2 amide bonds. The molecule has 1 aliphatic rings. The van der Waals surface area contributed by atoms with E-state index in [9.17, 15) is 9.59 Å². The zero-order chi connectivity index (χ0) is 18.4. The number of hydrogen-bond acceptors (Lipinski definition) is 5. The molecular weight excluding hydrogens is 352 g/mol. The van der Waals surface area contributed by atoms with E-state index in [0.717, 1.165) is 17.0 Å². The van der Waals surface area contributed by atoms with Crippen molar-refractivity contribution in [2.45, 2.75) is 13.3 Å². The maximum atomic E-state index is 12.3. The Bertz CT molecular complexity index is 818. The van der Waals surface area contributed by atoms with E-state index in [1.807, 2.05) is 13.0 Å². The van der Waals surface area contributed by atoms with Gasteiger partial charge in [-0.1, -0.05) is 6.07 Å². The van der Waals surface area contributed by atoms with Crippen LogP contribution >= 0.6 is 11.8 Å². The molecule has 8 heteroatoms. The Kier molecular flexibility index (Phi) is 5.96. The predicted molar refractivity (Wildman–Crippen MR) is 101 cm³/mol. The number of H-pyrrole nitrogens is 1. The van der Waals surface area contributed by atoms with Crippen LogP contribution in [0.2, 0.25) is 0 Å². The van der Waals surface area contributed by atoms with Crippen LogP contribution in [0.5, 0.6) is 0 Å². The Labute approximate surface area is 155 Å². The van der Waals surface area contributed by atoms with E-state index in [4.69, 9.17) is 4.74 Å². The molecule has 136 valence electrons. The topological polar surface area (TPSA) is 96.1 Å². The summed E-state index contributed by atoms with van der Waals surface area (Å²) in [5.41, 5.74) is 2.91. The second kappa shape index (κ2) is 8.57. The van der Waals surface area contributed by atoms with Gasteiger partial charge in [0.2, 0.25) is 0 Å². The first kappa shape index (κ1) is 18.1. The largest absolute Gasteiger partial charge is 0.487 e. The summed E-state index contributed by atoms with van der Waals surface area (Å²) >= 11 is 1.54. The van der Waals surface area contributed by atoms with Crippen LogP contribution in [0.25, 0.3) is 0 Å². The number of carbonyl (C=O) groups is 2. The molecule has 2 aromatic rings. The van der Waals surface area contributed by atoms with Crippen molar-refractivity contribution >= 4 is 29.3 Å². The van der Waals surface area contributed by atoms with Crippen molar-refractivity contribution in [2.24, 2.45) is 0 Å². The van der Waals surface area contributed by atoms with Crippen LogP contribution in [-0.4, -0.2) is 40.7 Å². The monoisotopic (exact) mass is 372 g/mol.